The van der Waals surface area contributed by atoms with Crippen LogP contribution < -0.4 is 9.47 Å². The maximum Gasteiger partial charge on any atom is 0.332 e. The highest BCUT2D eigenvalue weighted by molar-refractivity contribution is 5.72. The van der Waals surface area contributed by atoms with Crippen molar-refractivity contribution in [1.29, 1.82) is 0 Å². The summed E-state index contributed by atoms with van der Waals surface area (Å²) in [4.78, 5) is 10.8. The monoisotopic (exact) mass is 292 g/mol. The quantitative estimate of drug-likeness (QED) is 0.873. The summed E-state index contributed by atoms with van der Waals surface area (Å²) in [5, 5.41) is 8.89. The first-order chi connectivity index (χ1) is 10.1. The van der Waals surface area contributed by atoms with Gasteiger partial charge in [0.25, 0.3) is 0 Å². The van der Waals surface area contributed by atoms with E-state index in [1.807, 2.05) is 37.3 Å². The highest BCUT2D eigenvalue weighted by Gasteiger charge is 2.30. The number of carboxylic acid groups (broad SMARTS) is 1. The van der Waals surface area contributed by atoms with E-state index in [-0.39, 0.29) is 6.10 Å². The predicted molar refractivity (Wildman–Crippen MR) is 78.7 cm³/mol. The minimum Gasteiger partial charge on any atom is -0.493 e. The van der Waals surface area contributed by atoms with Gasteiger partial charge in [-0.2, -0.15) is 0 Å². The van der Waals surface area contributed by atoms with Gasteiger partial charge in [-0.15, -0.1) is 0 Å². The van der Waals surface area contributed by atoms with Gasteiger partial charge < -0.3 is 19.3 Å². The van der Waals surface area contributed by atoms with Crippen molar-refractivity contribution in [3.8, 4) is 11.5 Å². The Bertz CT molecular complexity index is 523. The van der Waals surface area contributed by atoms with Crippen LogP contribution in [0.4, 0.5) is 0 Å². The van der Waals surface area contributed by atoms with E-state index in [1.54, 1.807) is 7.11 Å². The first kappa shape index (κ1) is 15.4. The molecular formula is C16H20O5. The van der Waals surface area contributed by atoms with Crippen LogP contribution in [0.2, 0.25) is 0 Å². The smallest absolute Gasteiger partial charge is 0.332 e. The molecule has 1 aliphatic heterocycles. The molecule has 1 fully saturated rings. The zero-order chi connectivity index (χ0) is 15.2. The van der Waals surface area contributed by atoms with Gasteiger partial charge in [0.15, 0.2) is 17.6 Å². The molecule has 2 unspecified atom stereocenters. The molecule has 114 valence electrons. The highest BCUT2D eigenvalue weighted by Crippen LogP contribution is 2.30. The lowest BCUT2D eigenvalue weighted by Crippen LogP contribution is -2.23. The number of carbonyl (C=O) groups is 1. The Balaban J connectivity index is 1.95. The van der Waals surface area contributed by atoms with Gasteiger partial charge in [0, 0.05) is 0 Å². The normalized spacial score (nSPS) is 21.6. The molecule has 0 saturated carbocycles. The number of benzene rings is 1. The lowest BCUT2D eigenvalue weighted by molar-refractivity contribution is -0.149. The number of ether oxygens (including phenoxy) is 3. The lowest BCUT2D eigenvalue weighted by Gasteiger charge is -2.15. The maximum atomic E-state index is 10.8. The highest BCUT2D eigenvalue weighted by atomic mass is 16.6. The van der Waals surface area contributed by atoms with Crippen LogP contribution in [-0.2, 0) is 9.53 Å². The van der Waals surface area contributed by atoms with Gasteiger partial charge >= 0.3 is 5.97 Å². The third-order valence-electron chi connectivity index (χ3n) is 3.35. The summed E-state index contributed by atoms with van der Waals surface area (Å²) >= 11 is 0. The topological polar surface area (TPSA) is 65.0 Å². The van der Waals surface area contributed by atoms with E-state index >= 15 is 0 Å². The number of aliphatic carboxylic acids is 1. The van der Waals surface area contributed by atoms with Crippen LogP contribution in [0.5, 0.6) is 11.5 Å². The molecule has 2 atom stereocenters. The second-order valence-electron chi connectivity index (χ2n) is 4.88. The molecule has 1 heterocycles. The minimum absolute atomic E-state index is 0.189. The Morgan fingerprint density at radius 3 is 2.86 bits per heavy atom. The minimum atomic E-state index is -0.911. The molecule has 1 aromatic rings. The van der Waals surface area contributed by atoms with E-state index in [2.05, 4.69) is 0 Å². The summed E-state index contributed by atoms with van der Waals surface area (Å²) < 4.78 is 16.4. The molecule has 0 aliphatic carbocycles. The summed E-state index contributed by atoms with van der Waals surface area (Å²) in [5.74, 6) is 0.372. The molecule has 5 heteroatoms. The Labute approximate surface area is 124 Å². The van der Waals surface area contributed by atoms with Crippen molar-refractivity contribution in [2.75, 3.05) is 13.7 Å². The summed E-state index contributed by atoms with van der Waals surface area (Å²) in [6.45, 7) is 2.27. The first-order valence-corrected chi connectivity index (χ1v) is 6.96. The Kier molecular flexibility index (Phi) is 5.22. The number of hydrogen-bond donors (Lipinski definition) is 1. The third-order valence-corrected chi connectivity index (χ3v) is 3.35. The summed E-state index contributed by atoms with van der Waals surface area (Å²) in [5.41, 5.74) is 1.03. The molecule has 1 aromatic carbocycles. The predicted octanol–water partition coefficient (Wildman–Crippen LogP) is 2.74. The average Bonchev–Trinajstić information content (AvgIpc) is 2.95. The molecule has 1 aliphatic rings. The molecular weight excluding hydrogens is 272 g/mol. The SMILES string of the molecule is CC=Cc1ccc(OCC2CCC(C(=O)O)O2)c(OC)c1. The van der Waals surface area contributed by atoms with Crippen LogP contribution in [0.1, 0.15) is 25.3 Å². The van der Waals surface area contributed by atoms with E-state index in [0.717, 1.165) is 5.56 Å². The van der Waals surface area contributed by atoms with E-state index in [1.165, 1.54) is 0 Å². The number of methoxy groups -OCH3 is 1. The molecule has 0 spiro atoms. The van der Waals surface area contributed by atoms with Crippen molar-refractivity contribution in [3.63, 3.8) is 0 Å². The van der Waals surface area contributed by atoms with Crippen molar-refractivity contribution in [1.82, 2.24) is 0 Å². The number of rotatable bonds is 6. The second kappa shape index (κ2) is 7.13. The lowest BCUT2D eigenvalue weighted by atomic mass is 10.2. The van der Waals surface area contributed by atoms with Crippen LogP contribution >= 0.6 is 0 Å². The zero-order valence-electron chi connectivity index (χ0n) is 12.2. The molecule has 0 radical (unpaired) electrons. The van der Waals surface area contributed by atoms with E-state index < -0.39 is 12.1 Å². The van der Waals surface area contributed by atoms with Gasteiger partial charge in [-0.1, -0.05) is 18.2 Å². The summed E-state index contributed by atoms with van der Waals surface area (Å²) in [7, 11) is 1.59. The van der Waals surface area contributed by atoms with Crippen molar-refractivity contribution >= 4 is 12.0 Å². The number of allylic oxidation sites excluding steroid dienone is 1. The van der Waals surface area contributed by atoms with Crippen molar-refractivity contribution in [2.24, 2.45) is 0 Å². The van der Waals surface area contributed by atoms with Gasteiger partial charge in [0.05, 0.1) is 13.2 Å². The van der Waals surface area contributed by atoms with Crippen molar-refractivity contribution < 1.29 is 24.1 Å². The van der Waals surface area contributed by atoms with Gasteiger partial charge in [0.1, 0.15) is 6.61 Å². The van der Waals surface area contributed by atoms with Gasteiger partial charge in [-0.05, 0) is 37.5 Å². The van der Waals surface area contributed by atoms with Crippen LogP contribution in [-0.4, -0.2) is 37.0 Å². The van der Waals surface area contributed by atoms with E-state index in [0.29, 0.717) is 30.9 Å². The zero-order valence-corrected chi connectivity index (χ0v) is 12.2. The van der Waals surface area contributed by atoms with E-state index in [4.69, 9.17) is 19.3 Å². The molecule has 21 heavy (non-hydrogen) atoms. The summed E-state index contributed by atoms with van der Waals surface area (Å²) in [6.07, 6.45) is 4.25. The molecule has 0 bridgehead atoms. The fourth-order valence-corrected chi connectivity index (χ4v) is 2.29. The second-order valence-corrected chi connectivity index (χ2v) is 4.88. The molecule has 0 amide bonds. The van der Waals surface area contributed by atoms with Crippen LogP contribution in [0, 0.1) is 0 Å². The Morgan fingerprint density at radius 2 is 2.24 bits per heavy atom. The Morgan fingerprint density at radius 1 is 1.43 bits per heavy atom. The van der Waals surface area contributed by atoms with Gasteiger partial charge in [-0.3, -0.25) is 0 Å². The van der Waals surface area contributed by atoms with Gasteiger partial charge in [-0.25, -0.2) is 4.79 Å². The molecule has 1 N–H and O–H groups in total. The Hall–Kier alpha value is -2.01. The molecule has 0 aromatic heterocycles. The van der Waals surface area contributed by atoms with E-state index in [9.17, 15) is 4.79 Å². The third kappa shape index (κ3) is 3.98. The molecule has 2 rings (SSSR count). The molecule has 5 nitrogen and oxygen atoms in total. The van der Waals surface area contributed by atoms with Crippen LogP contribution in [0.3, 0.4) is 0 Å². The van der Waals surface area contributed by atoms with Crippen LogP contribution in [0.25, 0.3) is 6.08 Å². The number of carboxylic acids is 1. The van der Waals surface area contributed by atoms with Crippen LogP contribution in [0.15, 0.2) is 24.3 Å². The average molecular weight is 292 g/mol. The maximum absolute atomic E-state index is 10.8. The molecule has 1 saturated heterocycles. The van der Waals surface area contributed by atoms with Crippen molar-refractivity contribution in [2.45, 2.75) is 32.0 Å². The summed E-state index contributed by atoms with van der Waals surface area (Å²) in [6, 6.07) is 5.68. The van der Waals surface area contributed by atoms with Gasteiger partial charge in [0.2, 0.25) is 0 Å². The fourth-order valence-electron chi connectivity index (χ4n) is 2.29. The number of hydrogen-bond acceptors (Lipinski definition) is 4. The fraction of sp³-hybridized carbons (Fsp3) is 0.438. The van der Waals surface area contributed by atoms with Crippen molar-refractivity contribution in [3.05, 3.63) is 29.8 Å². The standard InChI is InChI=1S/C16H20O5/c1-3-4-11-5-7-13(15(9-11)19-2)20-10-12-6-8-14(21-12)16(17)18/h3-5,7,9,12,14H,6,8,10H2,1-2H3,(H,17,18). The largest absolute Gasteiger partial charge is 0.493 e. The first-order valence-electron chi connectivity index (χ1n) is 6.96.